The van der Waals surface area contributed by atoms with Gasteiger partial charge in [0.05, 0.1) is 5.41 Å². The number of likely N-dealkylation sites (N-methyl/N-ethyl adjacent to an activating group) is 1. The van der Waals surface area contributed by atoms with Crippen LogP contribution < -0.4 is 4.90 Å². The number of hydrogen-bond acceptors (Lipinski definition) is 3. The number of amides is 2. The molecule has 2 aromatic rings. The highest BCUT2D eigenvalue weighted by molar-refractivity contribution is 6.08. The lowest BCUT2D eigenvalue weighted by atomic mass is 9.75. The van der Waals surface area contributed by atoms with Gasteiger partial charge in [-0.15, -0.1) is 0 Å². The number of piperidine rings is 1. The van der Waals surface area contributed by atoms with Gasteiger partial charge in [-0.1, -0.05) is 24.3 Å². The van der Waals surface area contributed by atoms with Crippen LogP contribution in [0.2, 0.25) is 0 Å². The van der Waals surface area contributed by atoms with Gasteiger partial charge in [-0.05, 0) is 43.5 Å². The summed E-state index contributed by atoms with van der Waals surface area (Å²) < 4.78 is 0. The molecular weight excluding hydrogens is 328 g/mol. The molecule has 2 aliphatic heterocycles. The topological polar surface area (TPSA) is 60.9 Å². The number of carbonyl (C=O) groups is 2. The van der Waals surface area contributed by atoms with Crippen LogP contribution in [0.1, 0.15) is 34.3 Å². The molecule has 0 aromatic heterocycles. The van der Waals surface area contributed by atoms with Crippen molar-refractivity contribution in [2.24, 2.45) is 0 Å². The molecule has 4 rings (SSSR count). The lowest BCUT2D eigenvalue weighted by Crippen LogP contribution is -2.53. The Balaban J connectivity index is 1.72. The van der Waals surface area contributed by atoms with Crippen molar-refractivity contribution in [3.63, 3.8) is 0 Å². The lowest BCUT2D eigenvalue weighted by Gasteiger charge is -2.39. The van der Waals surface area contributed by atoms with Gasteiger partial charge in [0, 0.05) is 37.0 Å². The van der Waals surface area contributed by atoms with Gasteiger partial charge in [0.1, 0.15) is 5.75 Å². The van der Waals surface area contributed by atoms with Crippen molar-refractivity contribution in [2.75, 3.05) is 25.0 Å². The summed E-state index contributed by atoms with van der Waals surface area (Å²) in [6.07, 6.45) is 1.52. The Hall–Kier alpha value is -2.82. The van der Waals surface area contributed by atoms with Crippen LogP contribution in [0.5, 0.6) is 5.75 Å². The van der Waals surface area contributed by atoms with Crippen molar-refractivity contribution in [2.45, 2.75) is 25.2 Å². The maximum Gasteiger partial charge on any atom is 0.254 e. The number of carbonyl (C=O) groups excluding carboxylic acids is 2. The van der Waals surface area contributed by atoms with Crippen LogP contribution in [0.4, 0.5) is 5.69 Å². The molecule has 26 heavy (non-hydrogen) atoms. The van der Waals surface area contributed by atoms with Gasteiger partial charge in [0.25, 0.3) is 5.91 Å². The van der Waals surface area contributed by atoms with Gasteiger partial charge >= 0.3 is 0 Å². The van der Waals surface area contributed by atoms with Gasteiger partial charge in [-0.25, -0.2) is 0 Å². The van der Waals surface area contributed by atoms with Crippen molar-refractivity contribution in [3.8, 4) is 5.75 Å². The molecule has 2 aliphatic rings. The first kappa shape index (κ1) is 16.6. The van der Waals surface area contributed by atoms with Crippen molar-refractivity contribution in [1.82, 2.24) is 4.90 Å². The van der Waals surface area contributed by atoms with Crippen LogP contribution >= 0.6 is 0 Å². The molecule has 5 heteroatoms. The first-order valence-corrected chi connectivity index (χ1v) is 8.91. The Labute approximate surface area is 152 Å². The van der Waals surface area contributed by atoms with E-state index in [1.165, 1.54) is 0 Å². The molecule has 1 N–H and O–H groups in total. The monoisotopic (exact) mass is 350 g/mol. The largest absolute Gasteiger partial charge is 0.508 e. The Morgan fingerprint density at radius 2 is 1.92 bits per heavy atom. The van der Waals surface area contributed by atoms with E-state index in [1.54, 1.807) is 42.0 Å². The zero-order chi connectivity index (χ0) is 18.5. The summed E-state index contributed by atoms with van der Waals surface area (Å²) >= 11 is 0. The maximum absolute atomic E-state index is 13.1. The van der Waals surface area contributed by atoms with Crippen molar-refractivity contribution in [1.29, 1.82) is 0 Å². The van der Waals surface area contributed by atoms with Gasteiger partial charge in [0.15, 0.2) is 0 Å². The van der Waals surface area contributed by atoms with E-state index in [-0.39, 0.29) is 17.6 Å². The molecule has 2 aromatic carbocycles. The van der Waals surface area contributed by atoms with Crippen molar-refractivity contribution in [3.05, 3.63) is 59.2 Å². The van der Waals surface area contributed by atoms with E-state index in [9.17, 15) is 14.7 Å². The normalized spacial score (nSPS) is 22.0. The predicted molar refractivity (Wildman–Crippen MR) is 99.5 cm³/mol. The Morgan fingerprint density at radius 1 is 1.15 bits per heavy atom. The highest BCUT2D eigenvalue weighted by Crippen LogP contribution is 2.46. The van der Waals surface area contributed by atoms with E-state index < -0.39 is 5.41 Å². The van der Waals surface area contributed by atoms with Crippen LogP contribution in [-0.2, 0) is 10.2 Å². The summed E-state index contributed by atoms with van der Waals surface area (Å²) in [5.41, 5.74) is 2.35. The second-order valence-electron chi connectivity index (χ2n) is 7.24. The molecule has 2 amide bonds. The van der Waals surface area contributed by atoms with Gasteiger partial charge in [0.2, 0.25) is 5.91 Å². The predicted octanol–water partition coefficient (Wildman–Crippen LogP) is 2.85. The molecule has 0 bridgehead atoms. The molecule has 0 radical (unpaired) electrons. The average molecular weight is 350 g/mol. The molecule has 0 unspecified atom stereocenters. The number of benzene rings is 2. The molecule has 2 heterocycles. The van der Waals surface area contributed by atoms with E-state index >= 15 is 0 Å². The zero-order valence-electron chi connectivity index (χ0n) is 15.0. The van der Waals surface area contributed by atoms with Crippen LogP contribution in [0, 0.1) is 6.92 Å². The molecule has 1 atom stereocenters. The molecule has 1 saturated heterocycles. The molecular formula is C21H22N2O3. The molecule has 5 nitrogen and oxygen atoms in total. The number of rotatable bonds is 1. The molecule has 0 saturated carbocycles. The third kappa shape index (κ3) is 2.23. The lowest BCUT2D eigenvalue weighted by molar-refractivity contribution is -0.124. The number of para-hydroxylation sites is 1. The molecule has 1 fully saturated rings. The summed E-state index contributed by atoms with van der Waals surface area (Å²) in [7, 11) is 1.80. The summed E-state index contributed by atoms with van der Waals surface area (Å²) in [5, 5.41) is 9.93. The fourth-order valence-corrected chi connectivity index (χ4v) is 4.37. The first-order chi connectivity index (χ1) is 12.5. The third-order valence-corrected chi connectivity index (χ3v) is 5.81. The third-order valence-electron chi connectivity index (χ3n) is 5.81. The minimum absolute atomic E-state index is 0.0591. The van der Waals surface area contributed by atoms with E-state index in [0.29, 0.717) is 24.2 Å². The summed E-state index contributed by atoms with van der Waals surface area (Å²) in [6.45, 7) is 2.74. The Kier molecular flexibility index (Phi) is 3.75. The first-order valence-electron chi connectivity index (χ1n) is 8.91. The quantitative estimate of drug-likeness (QED) is 0.860. The zero-order valence-corrected chi connectivity index (χ0v) is 15.0. The van der Waals surface area contributed by atoms with Gasteiger partial charge < -0.3 is 14.9 Å². The number of likely N-dealkylation sites (tertiary alicyclic amines) is 1. The number of nitrogens with zero attached hydrogens (tertiary/aromatic N) is 2. The van der Waals surface area contributed by atoms with Crippen molar-refractivity contribution >= 4 is 17.5 Å². The minimum Gasteiger partial charge on any atom is -0.508 e. The number of hydrogen-bond donors (Lipinski definition) is 1. The highest BCUT2D eigenvalue weighted by Gasteiger charge is 2.52. The molecule has 1 spiro atoms. The van der Waals surface area contributed by atoms with Gasteiger partial charge in [-0.2, -0.15) is 0 Å². The van der Waals surface area contributed by atoms with Crippen LogP contribution in [0.3, 0.4) is 0 Å². The Bertz CT molecular complexity index is 908. The van der Waals surface area contributed by atoms with E-state index in [0.717, 1.165) is 24.1 Å². The standard InChI is InChI=1S/C21H22N2O3/c1-14-15(7-5-10-18(14)24)19(25)23-12-6-11-21(13-23)16-8-3-4-9-17(16)22(2)20(21)26/h3-5,7-10,24H,6,11-13H2,1-2H3/t21-/m0/s1. The Morgan fingerprint density at radius 3 is 2.73 bits per heavy atom. The number of phenols is 1. The van der Waals surface area contributed by atoms with Crippen molar-refractivity contribution < 1.29 is 14.7 Å². The molecule has 134 valence electrons. The second kappa shape index (κ2) is 5.87. The molecule has 0 aliphatic carbocycles. The SMILES string of the molecule is Cc1c(O)cccc1C(=O)N1CCC[C@@]2(C1)C(=O)N(C)c1ccccc12. The maximum atomic E-state index is 13.1. The smallest absolute Gasteiger partial charge is 0.254 e. The fourth-order valence-electron chi connectivity index (χ4n) is 4.37. The number of phenolic OH excluding ortho intramolecular Hbond substituents is 1. The summed E-state index contributed by atoms with van der Waals surface area (Å²) in [5.74, 6) is 0.0470. The van der Waals surface area contributed by atoms with Gasteiger partial charge in [-0.3, -0.25) is 9.59 Å². The average Bonchev–Trinajstić information content (AvgIpc) is 2.86. The van der Waals surface area contributed by atoms with Crippen LogP contribution in [0.25, 0.3) is 0 Å². The fraction of sp³-hybridized carbons (Fsp3) is 0.333. The highest BCUT2D eigenvalue weighted by atomic mass is 16.3. The summed E-state index contributed by atoms with van der Waals surface area (Å²) in [4.78, 5) is 29.7. The minimum atomic E-state index is -0.663. The van der Waals surface area contributed by atoms with E-state index in [2.05, 4.69) is 0 Å². The summed E-state index contributed by atoms with van der Waals surface area (Å²) in [6, 6.07) is 12.8. The number of anilines is 1. The van der Waals surface area contributed by atoms with E-state index in [1.807, 2.05) is 24.3 Å². The number of aromatic hydroxyl groups is 1. The van der Waals surface area contributed by atoms with Crippen LogP contribution in [0.15, 0.2) is 42.5 Å². The second-order valence-corrected chi connectivity index (χ2v) is 7.24. The number of fused-ring (bicyclic) bond motifs is 2. The van der Waals surface area contributed by atoms with E-state index in [4.69, 9.17) is 0 Å². The van der Waals surface area contributed by atoms with Crippen LogP contribution in [-0.4, -0.2) is 42.0 Å².